The first-order chi connectivity index (χ1) is 19.1. The van der Waals surface area contributed by atoms with Gasteiger partial charge in [-0.3, -0.25) is 4.79 Å². The number of para-hydroxylation sites is 2. The molecule has 0 aliphatic rings. The number of aromatic nitrogens is 2. The zero-order valence-electron chi connectivity index (χ0n) is 21.3. The summed E-state index contributed by atoms with van der Waals surface area (Å²) < 4.78 is 2.22. The number of hydrazone groups is 1. The molecule has 0 radical (unpaired) electrons. The standard InChI is InChI=1S/C33H25ClN4O/c1-22-28(26-15-7-10-18-32(26)38(22)21-24-13-5-8-16-29(24)34)20-35-37-33(39)27-19-31(23-11-3-2-4-12-23)36-30-17-9-6-14-25(27)30/h2-20H,21H2,1H3,(H,37,39)/b35-20-. The van der Waals surface area contributed by atoms with Crippen LogP contribution < -0.4 is 5.43 Å². The van der Waals surface area contributed by atoms with Crippen LogP contribution in [-0.4, -0.2) is 21.7 Å². The number of carbonyl (C=O) groups excluding carboxylic acids is 1. The molecule has 1 N–H and O–H groups in total. The number of amides is 1. The van der Waals surface area contributed by atoms with E-state index in [0.29, 0.717) is 12.1 Å². The van der Waals surface area contributed by atoms with Crippen molar-refractivity contribution >= 4 is 45.5 Å². The monoisotopic (exact) mass is 528 g/mol. The van der Waals surface area contributed by atoms with Crippen LogP contribution in [0.15, 0.2) is 114 Å². The second-order valence-electron chi connectivity index (χ2n) is 9.33. The van der Waals surface area contributed by atoms with Crippen molar-refractivity contribution in [3.63, 3.8) is 0 Å². The SMILES string of the molecule is Cc1c(/C=N\NC(=O)c2cc(-c3ccccc3)nc3ccccc23)c2ccccc2n1Cc1ccccc1Cl. The molecule has 2 aromatic heterocycles. The molecule has 0 spiro atoms. The molecular formula is C33H25ClN4O. The van der Waals surface area contributed by atoms with E-state index in [4.69, 9.17) is 16.6 Å². The molecule has 0 bridgehead atoms. The lowest BCUT2D eigenvalue weighted by Gasteiger charge is -2.10. The van der Waals surface area contributed by atoms with E-state index in [1.54, 1.807) is 6.21 Å². The number of halogens is 1. The minimum absolute atomic E-state index is 0.292. The zero-order valence-corrected chi connectivity index (χ0v) is 22.1. The van der Waals surface area contributed by atoms with Gasteiger partial charge in [0.25, 0.3) is 5.91 Å². The number of hydrogen-bond acceptors (Lipinski definition) is 3. The first-order valence-electron chi connectivity index (χ1n) is 12.7. The smallest absolute Gasteiger partial charge is 0.272 e. The van der Waals surface area contributed by atoms with Crippen LogP contribution in [0.3, 0.4) is 0 Å². The lowest BCUT2D eigenvalue weighted by atomic mass is 10.0. The summed E-state index contributed by atoms with van der Waals surface area (Å²) in [6, 6.07) is 35.4. The molecule has 190 valence electrons. The maximum Gasteiger partial charge on any atom is 0.272 e. The van der Waals surface area contributed by atoms with Gasteiger partial charge in [-0.15, -0.1) is 0 Å². The molecular weight excluding hydrogens is 504 g/mol. The summed E-state index contributed by atoms with van der Waals surface area (Å²) in [7, 11) is 0. The van der Waals surface area contributed by atoms with Crippen molar-refractivity contribution in [1.82, 2.24) is 15.0 Å². The zero-order chi connectivity index (χ0) is 26.8. The summed E-state index contributed by atoms with van der Waals surface area (Å²) >= 11 is 6.46. The largest absolute Gasteiger partial charge is 0.340 e. The fraction of sp³-hybridized carbons (Fsp3) is 0.0606. The van der Waals surface area contributed by atoms with Gasteiger partial charge in [-0.05, 0) is 36.8 Å². The van der Waals surface area contributed by atoms with Gasteiger partial charge in [-0.25, -0.2) is 10.4 Å². The quantitative estimate of drug-likeness (QED) is 0.178. The van der Waals surface area contributed by atoms with Gasteiger partial charge in [-0.2, -0.15) is 5.10 Å². The van der Waals surface area contributed by atoms with Gasteiger partial charge in [0, 0.05) is 44.7 Å². The van der Waals surface area contributed by atoms with Crippen molar-refractivity contribution in [3.8, 4) is 11.3 Å². The average molecular weight is 529 g/mol. The molecule has 0 saturated heterocycles. The third-order valence-corrected chi connectivity index (χ3v) is 7.32. The van der Waals surface area contributed by atoms with E-state index >= 15 is 0 Å². The lowest BCUT2D eigenvalue weighted by molar-refractivity contribution is 0.0956. The minimum atomic E-state index is -0.292. The highest BCUT2D eigenvalue weighted by atomic mass is 35.5. The van der Waals surface area contributed by atoms with Crippen molar-refractivity contribution in [2.24, 2.45) is 5.10 Å². The van der Waals surface area contributed by atoms with Gasteiger partial charge in [0.05, 0.1) is 23.0 Å². The Morgan fingerprint density at radius 3 is 2.41 bits per heavy atom. The Morgan fingerprint density at radius 2 is 1.59 bits per heavy atom. The molecule has 0 aliphatic carbocycles. The molecule has 0 unspecified atom stereocenters. The van der Waals surface area contributed by atoms with Crippen LogP contribution in [0, 0.1) is 6.92 Å². The number of benzene rings is 4. The minimum Gasteiger partial charge on any atom is -0.340 e. The van der Waals surface area contributed by atoms with Crippen LogP contribution in [0.2, 0.25) is 5.02 Å². The number of carbonyl (C=O) groups is 1. The van der Waals surface area contributed by atoms with Crippen LogP contribution in [0.25, 0.3) is 33.1 Å². The Bertz CT molecular complexity index is 1860. The molecule has 0 aliphatic heterocycles. The Kier molecular flexibility index (Phi) is 6.66. The van der Waals surface area contributed by atoms with E-state index in [0.717, 1.165) is 54.9 Å². The summed E-state index contributed by atoms with van der Waals surface area (Å²) in [5, 5.41) is 6.96. The predicted octanol–water partition coefficient (Wildman–Crippen LogP) is 7.63. The van der Waals surface area contributed by atoms with E-state index in [9.17, 15) is 4.79 Å². The number of fused-ring (bicyclic) bond motifs is 2. The summed E-state index contributed by atoms with van der Waals surface area (Å²) in [6.45, 7) is 2.69. The molecule has 1 amide bonds. The van der Waals surface area contributed by atoms with Crippen molar-refractivity contribution < 1.29 is 4.79 Å². The third-order valence-electron chi connectivity index (χ3n) is 6.96. The van der Waals surface area contributed by atoms with E-state index in [2.05, 4.69) is 34.2 Å². The van der Waals surface area contributed by atoms with Crippen LogP contribution in [0.5, 0.6) is 0 Å². The second kappa shape index (κ2) is 10.6. The number of hydrogen-bond donors (Lipinski definition) is 1. The lowest BCUT2D eigenvalue weighted by Crippen LogP contribution is -2.18. The molecule has 0 fully saturated rings. The summed E-state index contributed by atoms with van der Waals surface area (Å²) in [6.07, 6.45) is 1.72. The highest BCUT2D eigenvalue weighted by Gasteiger charge is 2.16. The Hall–Kier alpha value is -4.74. The summed E-state index contributed by atoms with van der Waals surface area (Å²) in [4.78, 5) is 18.2. The van der Waals surface area contributed by atoms with Gasteiger partial charge < -0.3 is 4.57 Å². The molecule has 39 heavy (non-hydrogen) atoms. The topological polar surface area (TPSA) is 59.3 Å². The van der Waals surface area contributed by atoms with Crippen molar-refractivity contribution in [1.29, 1.82) is 0 Å². The third kappa shape index (κ3) is 4.80. The second-order valence-corrected chi connectivity index (χ2v) is 9.74. The fourth-order valence-corrected chi connectivity index (χ4v) is 5.15. The van der Waals surface area contributed by atoms with Gasteiger partial charge in [-0.1, -0.05) is 96.5 Å². The summed E-state index contributed by atoms with van der Waals surface area (Å²) in [5.41, 5.74) is 9.82. The van der Waals surface area contributed by atoms with Crippen molar-refractivity contribution in [2.45, 2.75) is 13.5 Å². The number of pyridine rings is 1. The Balaban J connectivity index is 1.33. The van der Waals surface area contributed by atoms with Gasteiger partial charge in [0.15, 0.2) is 0 Å². The van der Waals surface area contributed by atoms with Gasteiger partial charge in [0.2, 0.25) is 0 Å². The number of nitrogens with zero attached hydrogens (tertiary/aromatic N) is 3. The van der Waals surface area contributed by atoms with Crippen LogP contribution in [0.4, 0.5) is 0 Å². The highest BCUT2D eigenvalue weighted by Crippen LogP contribution is 2.28. The maximum atomic E-state index is 13.4. The van der Waals surface area contributed by atoms with E-state index in [1.165, 1.54) is 0 Å². The Morgan fingerprint density at radius 1 is 0.897 bits per heavy atom. The molecule has 5 nitrogen and oxygen atoms in total. The molecule has 6 heteroatoms. The maximum absolute atomic E-state index is 13.4. The molecule has 2 heterocycles. The first kappa shape index (κ1) is 24.6. The number of rotatable bonds is 6. The van der Waals surface area contributed by atoms with Gasteiger partial charge in [0.1, 0.15) is 0 Å². The van der Waals surface area contributed by atoms with E-state index < -0.39 is 0 Å². The molecule has 0 atom stereocenters. The summed E-state index contributed by atoms with van der Waals surface area (Å²) in [5.74, 6) is -0.292. The Labute approximate surface area is 231 Å². The first-order valence-corrected chi connectivity index (χ1v) is 13.1. The number of nitrogens with one attached hydrogen (secondary N) is 1. The molecule has 6 aromatic rings. The van der Waals surface area contributed by atoms with Crippen LogP contribution in [-0.2, 0) is 6.54 Å². The molecule has 6 rings (SSSR count). The van der Waals surface area contributed by atoms with Crippen LogP contribution >= 0.6 is 11.6 Å². The van der Waals surface area contributed by atoms with Crippen LogP contribution in [0.1, 0.15) is 27.2 Å². The fourth-order valence-electron chi connectivity index (χ4n) is 4.96. The molecule has 4 aromatic carbocycles. The van der Waals surface area contributed by atoms with Crippen molar-refractivity contribution in [3.05, 3.63) is 137 Å². The normalized spacial score (nSPS) is 11.4. The molecule has 0 saturated carbocycles. The average Bonchev–Trinajstić information content (AvgIpc) is 3.24. The van der Waals surface area contributed by atoms with Crippen molar-refractivity contribution in [2.75, 3.05) is 0 Å². The van der Waals surface area contributed by atoms with E-state index in [-0.39, 0.29) is 5.91 Å². The predicted molar refractivity (Wildman–Crippen MR) is 159 cm³/mol. The van der Waals surface area contributed by atoms with Gasteiger partial charge >= 0.3 is 0 Å². The highest BCUT2D eigenvalue weighted by molar-refractivity contribution is 6.31. The van der Waals surface area contributed by atoms with E-state index in [1.807, 2.05) is 97.1 Å².